The molecule has 1 aromatic carbocycles. The van der Waals surface area contributed by atoms with Crippen LogP contribution < -0.4 is 10.1 Å². The molecule has 1 N–H and O–H groups in total. The zero-order valence-corrected chi connectivity index (χ0v) is 11.5. The van der Waals surface area contributed by atoms with Crippen molar-refractivity contribution in [2.45, 2.75) is 32.0 Å². The van der Waals surface area contributed by atoms with Gasteiger partial charge in [-0.2, -0.15) is 0 Å². The van der Waals surface area contributed by atoms with Crippen molar-refractivity contribution in [3.05, 3.63) is 59.4 Å². The van der Waals surface area contributed by atoms with E-state index in [1.165, 1.54) is 18.9 Å². The Labute approximate surface area is 122 Å². The Kier molecular flexibility index (Phi) is 4.10. The van der Waals surface area contributed by atoms with E-state index in [0.29, 0.717) is 6.04 Å². The normalized spacial score (nSPS) is 14.2. The number of pyridine rings is 1. The standard InChI is InChI=1S/C16H16F2N2O/c17-15-6-5-14(7-16(15)18)21-10-13-2-1-11(9-20-13)8-19-12-3-4-12/h1-2,5-7,9,12,19H,3-4,8,10H2. The van der Waals surface area contributed by atoms with Crippen LogP contribution in [0.2, 0.25) is 0 Å². The first kappa shape index (κ1) is 13.9. The van der Waals surface area contributed by atoms with Gasteiger partial charge in [0.05, 0.1) is 5.69 Å². The van der Waals surface area contributed by atoms with Crippen LogP contribution in [0.4, 0.5) is 8.78 Å². The molecule has 1 aliphatic carbocycles. The second kappa shape index (κ2) is 6.18. The number of benzene rings is 1. The number of aromatic nitrogens is 1. The number of halogens is 2. The molecule has 1 aromatic heterocycles. The summed E-state index contributed by atoms with van der Waals surface area (Å²) in [6.45, 7) is 1.05. The van der Waals surface area contributed by atoms with Gasteiger partial charge in [0.2, 0.25) is 0 Å². The molecule has 0 amide bonds. The Morgan fingerprint density at radius 2 is 2.00 bits per heavy atom. The van der Waals surface area contributed by atoms with Crippen molar-refractivity contribution in [3.63, 3.8) is 0 Å². The van der Waals surface area contributed by atoms with Crippen molar-refractivity contribution in [1.82, 2.24) is 10.3 Å². The van der Waals surface area contributed by atoms with Gasteiger partial charge >= 0.3 is 0 Å². The fourth-order valence-electron chi connectivity index (χ4n) is 1.92. The third-order valence-electron chi connectivity index (χ3n) is 3.34. The van der Waals surface area contributed by atoms with E-state index in [1.54, 1.807) is 6.20 Å². The molecule has 0 saturated heterocycles. The molecule has 0 unspecified atom stereocenters. The van der Waals surface area contributed by atoms with Crippen LogP contribution in [0.1, 0.15) is 24.1 Å². The van der Waals surface area contributed by atoms with Gasteiger partial charge in [0.25, 0.3) is 0 Å². The lowest BCUT2D eigenvalue weighted by molar-refractivity contribution is 0.298. The molecule has 3 rings (SSSR count). The molecule has 0 atom stereocenters. The maximum atomic E-state index is 13.0. The smallest absolute Gasteiger partial charge is 0.162 e. The number of hydrogen-bond donors (Lipinski definition) is 1. The van der Waals surface area contributed by atoms with E-state index >= 15 is 0 Å². The molecule has 0 radical (unpaired) electrons. The molecule has 5 heteroatoms. The molecule has 110 valence electrons. The van der Waals surface area contributed by atoms with Crippen LogP contribution in [0.25, 0.3) is 0 Å². The molecule has 0 aliphatic heterocycles. The van der Waals surface area contributed by atoms with Gasteiger partial charge in [0, 0.05) is 24.8 Å². The van der Waals surface area contributed by atoms with Crippen LogP contribution in [-0.4, -0.2) is 11.0 Å². The number of rotatable bonds is 6. The van der Waals surface area contributed by atoms with Crippen molar-refractivity contribution in [2.75, 3.05) is 0 Å². The SMILES string of the molecule is Fc1ccc(OCc2ccc(CNC3CC3)cn2)cc1F. The second-order valence-corrected chi connectivity index (χ2v) is 5.18. The molecule has 1 fully saturated rings. The second-order valence-electron chi connectivity index (χ2n) is 5.18. The molecule has 1 aliphatic rings. The third-order valence-corrected chi connectivity index (χ3v) is 3.34. The summed E-state index contributed by atoms with van der Waals surface area (Å²) in [4.78, 5) is 4.30. The summed E-state index contributed by atoms with van der Waals surface area (Å²) in [5, 5.41) is 3.41. The van der Waals surface area contributed by atoms with E-state index in [1.807, 2.05) is 12.1 Å². The monoisotopic (exact) mass is 290 g/mol. The summed E-state index contributed by atoms with van der Waals surface area (Å²) in [5.41, 5.74) is 1.87. The topological polar surface area (TPSA) is 34.1 Å². The number of nitrogens with zero attached hydrogens (tertiary/aromatic N) is 1. The first-order chi connectivity index (χ1) is 10.2. The lowest BCUT2D eigenvalue weighted by Gasteiger charge is -2.07. The molecule has 2 aromatic rings. The quantitative estimate of drug-likeness (QED) is 0.887. The van der Waals surface area contributed by atoms with Gasteiger partial charge in [-0.15, -0.1) is 0 Å². The predicted octanol–water partition coefficient (Wildman–Crippen LogP) is 3.19. The van der Waals surface area contributed by atoms with Crippen molar-refractivity contribution >= 4 is 0 Å². The zero-order chi connectivity index (χ0) is 14.7. The van der Waals surface area contributed by atoms with Gasteiger partial charge in [0.15, 0.2) is 11.6 Å². The Morgan fingerprint density at radius 1 is 1.14 bits per heavy atom. The Bertz CT molecular complexity index is 612. The van der Waals surface area contributed by atoms with Crippen LogP contribution in [0, 0.1) is 11.6 Å². The van der Waals surface area contributed by atoms with Crippen molar-refractivity contribution in [2.24, 2.45) is 0 Å². The van der Waals surface area contributed by atoms with E-state index in [4.69, 9.17) is 4.74 Å². The molecule has 1 heterocycles. The fraction of sp³-hybridized carbons (Fsp3) is 0.312. The summed E-state index contributed by atoms with van der Waals surface area (Å²) in [7, 11) is 0. The van der Waals surface area contributed by atoms with E-state index in [-0.39, 0.29) is 12.4 Å². The van der Waals surface area contributed by atoms with Gasteiger partial charge in [-0.05, 0) is 36.6 Å². The summed E-state index contributed by atoms with van der Waals surface area (Å²) >= 11 is 0. The average molecular weight is 290 g/mol. The highest BCUT2D eigenvalue weighted by Gasteiger charge is 2.19. The maximum Gasteiger partial charge on any atom is 0.162 e. The minimum absolute atomic E-state index is 0.224. The lowest BCUT2D eigenvalue weighted by atomic mass is 10.2. The van der Waals surface area contributed by atoms with Crippen molar-refractivity contribution in [1.29, 1.82) is 0 Å². The fourth-order valence-corrected chi connectivity index (χ4v) is 1.92. The highest BCUT2D eigenvalue weighted by Crippen LogP contribution is 2.19. The highest BCUT2D eigenvalue weighted by molar-refractivity contribution is 5.24. The Hall–Kier alpha value is -2.01. The summed E-state index contributed by atoms with van der Waals surface area (Å²) < 4.78 is 31.2. The predicted molar refractivity (Wildman–Crippen MR) is 74.8 cm³/mol. The zero-order valence-electron chi connectivity index (χ0n) is 11.5. The first-order valence-corrected chi connectivity index (χ1v) is 6.96. The third kappa shape index (κ3) is 3.98. The first-order valence-electron chi connectivity index (χ1n) is 6.96. The summed E-state index contributed by atoms with van der Waals surface area (Å²) in [6, 6.07) is 8.01. The molecule has 21 heavy (non-hydrogen) atoms. The van der Waals surface area contributed by atoms with Crippen molar-refractivity contribution in [3.8, 4) is 5.75 Å². The molecule has 0 bridgehead atoms. The molecular weight excluding hydrogens is 274 g/mol. The molecule has 0 spiro atoms. The minimum atomic E-state index is -0.915. The number of hydrogen-bond acceptors (Lipinski definition) is 3. The Balaban J connectivity index is 1.53. The van der Waals surface area contributed by atoms with Gasteiger partial charge < -0.3 is 10.1 Å². The number of nitrogens with one attached hydrogen (secondary N) is 1. The maximum absolute atomic E-state index is 13.0. The van der Waals surface area contributed by atoms with Gasteiger partial charge in [0.1, 0.15) is 12.4 Å². The van der Waals surface area contributed by atoms with Crippen LogP contribution >= 0.6 is 0 Å². The van der Waals surface area contributed by atoms with Gasteiger partial charge in [-0.3, -0.25) is 4.98 Å². The summed E-state index contributed by atoms with van der Waals surface area (Å²) in [5.74, 6) is -1.51. The summed E-state index contributed by atoms with van der Waals surface area (Å²) in [6.07, 6.45) is 4.32. The molecule has 1 saturated carbocycles. The van der Waals surface area contributed by atoms with Crippen LogP contribution in [0.15, 0.2) is 36.5 Å². The average Bonchev–Trinajstić information content (AvgIpc) is 3.32. The molecule has 3 nitrogen and oxygen atoms in total. The lowest BCUT2D eigenvalue weighted by Crippen LogP contribution is -2.15. The van der Waals surface area contributed by atoms with Crippen molar-refractivity contribution < 1.29 is 13.5 Å². The van der Waals surface area contributed by atoms with Gasteiger partial charge in [-0.1, -0.05) is 6.07 Å². The van der Waals surface area contributed by atoms with E-state index in [0.717, 1.165) is 29.9 Å². The number of ether oxygens (including phenoxy) is 1. The van der Waals surface area contributed by atoms with E-state index in [2.05, 4.69) is 10.3 Å². The highest BCUT2D eigenvalue weighted by atomic mass is 19.2. The van der Waals surface area contributed by atoms with E-state index in [9.17, 15) is 8.78 Å². The molecular formula is C16H16F2N2O. The minimum Gasteiger partial charge on any atom is -0.487 e. The van der Waals surface area contributed by atoms with Crippen LogP contribution in [-0.2, 0) is 13.2 Å². The Morgan fingerprint density at radius 3 is 2.67 bits per heavy atom. The largest absolute Gasteiger partial charge is 0.487 e. The van der Waals surface area contributed by atoms with Crippen LogP contribution in [0.5, 0.6) is 5.75 Å². The van der Waals surface area contributed by atoms with E-state index < -0.39 is 11.6 Å². The van der Waals surface area contributed by atoms with Crippen LogP contribution in [0.3, 0.4) is 0 Å². The van der Waals surface area contributed by atoms with Gasteiger partial charge in [-0.25, -0.2) is 8.78 Å².